The van der Waals surface area contributed by atoms with Crippen LogP contribution in [0.5, 0.6) is 0 Å². The molecule has 0 aliphatic carbocycles. The van der Waals surface area contributed by atoms with Gasteiger partial charge in [-0.25, -0.2) is 0 Å². The summed E-state index contributed by atoms with van der Waals surface area (Å²) >= 11 is 0. The first kappa shape index (κ1) is 9.27. The number of hydrogen-bond donors (Lipinski definition) is 5. The van der Waals surface area contributed by atoms with Gasteiger partial charge in [0.15, 0.2) is 11.5 Å². The lowest BCUT2D eigenvalue weighted by Crippen LogP contribution is -2.37. The summed E-state index contributed by atoms with van der Waals surface area (Å²) in [7, 11) is 0. The molecule has 0 aromatic heterocycles. The topological polar surface area (TPSA) is 110 Å². The highest BCUT2D eigenvalue weighted by Gasteiger charge is 2.46. The molecule has 12 heavy (non-hydrogen) atoms. The molecule has 0 saturated heterocycles. The van der Waals surface area contributed by atoms with E-state index < -0.39 is 36.6 Å². The van der Waals surface area contributed by atoms with Gasteiger partial charge in [0.2, 0.25) is 0 Å². The van der Waals surface area contributed by atoms with Gasteiger partial charge in [-0.1, -0.05) is 0 Å². The second-order valence-electron chi connectivity index (χ2n) is 2.47. The van der Waals surface area contributed by atoms with Crippen LogP contribution in [0, 0.1) is 0 Å². The molecule has 0 bridgehead atoms. The Hall–Kier alpha value is -0.820. The van der Waals surface area contributed by atoms with Crippen molar-refractivity contribution in [1.29, 1.82) is 0 Å². The normalized spacial score (nSPS) is 36.1. The molecular weight excluding hydrogens is 168 g/mol. The molecule has 1 aliphatic heterocycles. The Labute approximate surface area is 68.0 Å². The van der Waals surface area contributed by atoms with Gasteiger partial charge >= 0.3 is 0 Å². The molecule has 0 radical (unpaired) electrons. The van der Waals surface area contributed by atoms with Gasteiger partial charge in [0.25, 0.3) is 5.79 Å². The molecule has 1 rings (SSSR count). The molecule has 5 N–H and O–H groups in total. The van der Waals surface area contributed by atoms with E-state index in [0.717, 1.165) is 0 Å². The van der Waals surface area contributed by atoms with Gasteiger partial charge in [0.1, 0.15) is 12.7 Å². The van der Waals surface area contributed by atoms with Crippen molar-refractivity contribution >= 4 is 0 Å². The third-order valence-corrected chi connectivity index (χ3v) is 1.63. The minimum absolute atomic E-state index is 0.585. The van der Waals surface area contributed by atoms with Crippen LogP contribution in [0.25, 0.3) is 0 Å². The van der Waals surface area contributed by atoms with Crippen LogP contribution in [0.1, 0.15) is 0 Å². The van der Waals surface area contributed by atoms with E-state index in [0.29, 0.717) is 0 Å². The zero-order valence-electron chi connectivity index (χ0n) is 6.14. The van der Waals surface area contributed by atoms with Crippen LogP contribution in [-0.4, -0.2) is 50.6 Å². The molecule has 2 atom stereocenters. The highest BCUT2D eigenvalue weighted by Crippen LogP contribution is 2.30. The first-order valence-corrected chi connectivity index (χ1v) is 3.29. The van der Waals surface area contributed by atoms with Crippen LogP contribution in [0.4, 0.5) is 0 Å². The lowest BCUT2D eigenvalue weighted by molar-refractivity contribution is -0.218. The molecule has 0 fully saturated rings. The summed E-state index contributed by atoms with van der Waals surface area (Å²) in [4.78, 5) is 0. The van der Waals surface area contributed by atoms with Crippen LogP contribution < -0.4 is 0 Å². The van der Waals surface area contributed by atoms with Crippen molar-refractivity contribution in [3.8, 4) is 0 Å². The van der Waals surface area contributed by atoms with Gasteiger partial charge in [-0.3, -0.25) is 0 Å². The average molecular weight is 178 g/mol. The van der Waals surface area contributed by atoms with Gasteiger partial charge < -0.3 is 30.3 Å². The lowest BCUT2D eigenvalue weighted by Gasteiger charge is -2.19. The van der Waals surface area contributed by atoms with Crippen LogP contribution in [0.15, 0.2) is 11.5 Å². The van der Waals surface area contributed by atoms with Crippen molar-refractivity contribution < 1.29 is 30.3 Å². The summed E-state index contributed by atoms with van der Waals surface area (Å²) < 4.78 is 4.55. The van der Waals surface area contributed by atoms with Crippen LogP contribution in [0.2, 0.25) is 0 Å². The Kier molecular flexibility index (Phi) is 2.25. The van der Waals surface area contributed by atoms with Crippen LogP contribution in [0.3, 0.4) is 0 Å². The Morgan fingerprint density at radius 2 is 1.92 bits per heavy atom. The number of ether oxygens (including phenoxy) is 1. The minimum atomic E-state index is -2.28. The first-order chi connectivity index (χ1) is 5.55. The van der Waals surface area contributed by atoms with E-state index in [4.69, 9.17) is 20.4 Å². The first-order valence-electron chi connectivity index (χ1n) is 3.29. The summed E-state index contributed by atoms with van der Waals surface area (Å²) in [6.45, 7) is -1.47. The van der Waals surface area contributed by atoms with Gasteiger partial charge in [-0.05, 0) is 0 Å². The lowest BCUT2D eigenvalue weighted by atomic mass is 10.2. The quantitative estimate of drug-likeness (QED) is 0.348. The highest BCUT2D eigenvalue weighted by atomic mass is 16.7. The molecule has 6 nitrogen and oxygen atoms in total. The SMILES string of the molecule is OCC1O[C@](O)(CO)C(O)=C1O. The maximum absolute atomic E-state index is 9.19. The fraction of sp³-hybridized carbons (Fsp3) is 0.667. The molecule has 1 heterocycles. The second kappa shape index (κ2) is 2.91. The maximum atomic E-state index is 9.19. The van der Waals surface area contributed by atoms with Gasteiger partial charge in [0.05, 0.1) is 6.61 Å². The smallest absolute Gasteiger partial charge is 0.253 e. The molecule has 0 aromatic carbocycles. The van der Waals surface area contributed by atoms with Gasteiger partial charge in [-0.2, -0.15) is 0 Å². The van der Waals surface area contributed by atoms with Crippen LogP contribution >= 0.6 is 0 Å². The predicted octanol–water partition coefficient (Wildman–Crippen LogP) is -1.61. The minimum Gasteiger partial charge on any atom is -0.506 e. The molecule has 0 amide bonds. The summed E-state index contributed by atoms with van der Waals surface area (Å²) in [5.41, 5.74) is 0. The second-order valence-corrected chi connectivity index (χ2v) is 2.47. The molecule has 0 spiro atoms. The molecular formula is C6H10O6. The average Bonchev–Trinajstić information content (AvgIpc) is 2.31. The molecule has 0 aromatic rings. The summed E-state index contributed by atoms with van der Waals surface area (Å²) in [6.07, 6.45) is -1.18. The highest BCUT2D eigenvalue weighted by molar-refractivity contribution is 5.18. The fourth-order valence-corrected chi connectivity index (χ4v) is 0.935. The molecule has 6 heteroatoms. The summed E-state index contributed by atoms with van der Waals surface area (Å²) in [5.74, 6) is -3.80. The van der Waals surface area contributed by atoms with Crippen molar-refractivity contribution in [3.63, 3.8) is 0 Å². The van der Waals surface area contributed by atoms with Gasteiger partial charge in [0, 0.05) is 0 Å². The van der Waals surface area contributed by atoms with E-state index in [1.54, 1.807) is 0 Å². The third kappa shape index (κ3) is 1.14. The van der Waals surface area contributed by atoms with E-state index in [-0.39, 0.29) is 0 Å². The molecule has 1 unspecified atom stereocenters. The summed E-state index contributed by atoms with van der Waals surface area (Å²) in [6, 6.07) is 0. The third-order valence-electron chi connectivity index (χ3n) is 1.63. The van der Waals surface area contributed by atoms with Crippen LogP contribution in [-0.2, 0) is 4.74 Å². The fourth-order valence-electron chi connectivity index (χ4n) is 0.935. The number of hydrogen-bond acceptors (Lipinski definition) is 6. The molecule has 0 saturated carbocycles. The Morgan fingerprint density at radius 1 is 1.33 bits per heavy atom. The van der Waals surface area contributed by atoms with Crippen molar-refractivity contribution in [2.75, 3.05) is 13.2 Å². The van der Waals surface area contributed by atoms with E-state index in [2.05, 4.69) is 4.74 Å². The van der Waals surface area contributed by atoms with Crippen molar-refractivity contribution in [1.82, 2.24) is 0 Å². The summed E-state index contributed by atoms with van der Waals surface area (Å²) in [5, 5.41) is 44.3. The van der Waals surface area contributed by atoms with E-state index >= 15 is 0 Å². The van der Waals surface area contributed by atoms with Crippen molar-refractivity contribution in [3.05, 3.63) is 11.5 Å². The van der Waals surface area contributed by atoms with E-state index in [1.807, 2.05) is 0 Å². The molecule has 1 aliphatic rings. The van der Waals surface area contributed by atoms with Crippen molar-refractivity contribution in [2.24, 2.45) is 0 Å². The van der Waals surface area contributed by atoms with Crippen molar-refractivity contribution in [2.45, 2.75) is 11.9 Å². The molecule has 70 valence electrons. The largest absolute Gasteiger partial charge is 0.506 e. The Morgan fingerprint density at radius 3 is 2.17 bits per heavy atom. The number of aliphatic hydroxyl groups is 5. The zero-order chi connectivity index (χ0) is 9.35. The predicted molar refractivity (Wildman–Crippen MR) is 36.3 cm³/mol. The number of aliphatic hydroxyl groups excluding tert-OH is 4. The Bertz CT molecular complexity index is 212. The van der Waals surface area contributed by atoms with E-state index in [1.165, 1.54) is 0 Å². The standard InChI is InChI=1S/C6H10O6/c7-1-3-4(9)5(10)6(11,2-8)12-3/h3,7-11H,1-2H2/t3?,6-/m1/s1. The Balaban J connectivity index is 2.90. The zero-order valence-corrected chi connectivity index (χ0v) is 6.14. The maximum Gasteiger partial charge on any atom is 0.253 e. The monoisotopic (exact) mass is 178 g/mol. The van der Waals surface area contributed by atoms with E-state index in [9.17, 15) is 5.11 Å². The van der Waals surface area contributed by atoms with Gasteiger partial charge in [-0.15, -0.1) is 0 Å². The number of rotatable bonds is 2.